The topological polar surface area (TPSA) is 142 Å². The molecular formula is C15H19F3N2O7. The van der Waals surface area contributed by atoms with Crippen LogP contribution in [0.5, 0.6) is 5.75 Å². The van der Waals surface area contributed by atoms with Gasteiger partial charge in [0.15, 0.2) is 5.75 Å². The Labute approximate surface area is 152 Å². The number of carbonyl (C=O) groups excluding carboxylic acids is 1. The van der Waals surface area contributed by atoms with Crippen LogP contribution in [0.4, 0.5) is 23.7 Å². The molecule has 0 saturated carbocycles. The summed E-state index contributed by atoms with van der Waals surface area (Å²) < 4.78 is 46.5. The fourth-order valence-electron chi connectivity index (χ4n) is 1.51. The summed E-state index contributed by atoms with van der Waals surface area (Å²) in [6.07, 6.45) is -5.85. The number of halogens is 3. The smallest absolute Gasteiger partial charge is 0.416 e. The lowest BCUT2D eigenvalue weighted by Crippen LogP contribution is -2.27. The van der Waals surface area contributed by atoms with Gasteiger partial charge in [-0.1, -0.05) is 0 Å². The van der Waals surface area contributed by atoms with Gasteiger partial charge in [0.2, 0.25) is 0 Å². The number of ether oxygens (including phenoxy) is 2. The maximum absolute atomic E-state index is 12.4. The molecule has 3 N–H and O–H groups in total. The summed E-state index contributed by atoms with van der Waals surface area (Å²) in [6, 6.07) is 1.77. The number of nitrogens with zero attached hydrogens (tertiary/aromatic N) is 1. The molecule has 0 spiro atoms. The first-order chi connectivity index (χ1) is 12.1. The van der Waals surface area contributed by atoms with Crippen LogP contribution in [-0.4, -0.2) is 34.3 Å². The fraction of sp³-hybridized carbons (Fsp3) is 0.467. The zero-order chi connectivity index (χ0) is 21.4. The van der Waals surface area contributed by atoms with Crippen molar-refractivity contribution >= 4 is 17.7 Å². The maximum atomic E-state index is 12.4. The summed E-state index contributed by atoms with van der Waals surface area (Å²) in [5.41, 5.74) is 2.23. The van der Waals surface area contributed by atoms with E-state index in [2.05, 4.69) is 4.74 Å². The van der Waals surface area contributed by atoms with Gasteiger partial charge in [-0.25, -0.2) is 4.79 Å². The lowest BCUT2D eigenvalue weighted by atomic mass is 10.2. The quantitative estimate of drug-likeness (QED) is 0.574. The molecule has 0 aliphatic heterocycles. The third-order valence-corrected chi connectivity index (χ3v) is 2.46. The maximum Gasteiger partial charge on any atom is 0.416 e. The molecular weight excluding hydrogens is 377 g/mol. The summed E-state index contributed by atoms with van der Waals surface area (Å²) in [4.78, 5) is 29.9. The Morgan fingerprint density at radius 1 is 1.26 bits per heavy atom. The molecule has 0 atom stereocenters. The minimum atomic E-state index is -4.70. The highest BCUT2D eigenvalue weighted by molar-refractivity contribution is 5.66. The molecule has 1 rings (SSSR count). The largest absolute Gasteiger partial charge is 0.486 e. The van der Waals surface area contributed by atoms with Crippen molar-refractivity contribution in [3.63, 3.8) is 0 Å². The van der Waals surface area contributed by atoms with Crippen LogP contribution in [0, 0.1) is 10.1 Å². The van der Waals surface area contributed by atoms with Gasteiger partial charge in [-0.3, -0.25) is 14.9 Å². The second-order valence-electron chi connectivity index (χ2n) is 5.96. The number of benzene rings is 1. The molecule has 0 unspecified atom stereocenters. The van der Waals surface area contributed by atoms with E-state index in [4.69, 9.17) is 15.6 Å². The van der Waals surface area contributed by atoms with Crippen molar-refractivity contribution in [1.29, 1.82) is 0 Å². The predicted octanol–water partition coefficient (Wildman–Crippen LogP) is 3.35. The van der Waals surface area contributed by atoms with Gasteiger partial charge in [0, 0.05) is 6.07 Å². The summed E-state index contributed by atoms with van der Waals surface area (Å²) in [6.45, 7) is 4.91. The lowest BCUT2D eigenvalue weighted by molar-refractivity contribution is -0.386. The van der Waals surface area contributed by atoms with E-state index in [-0.39, 0.29) is 6.61 Å². The van der Waals surface area contributed by atoms with Gasteiger partial charge >= 0.3 is 23.9 Å². The number of carboxylic acid groups (broad SMARTS) is 1. The normalized spacial score (nSPS) is 11.0. The molecule has 0 aliphatic rings. The number of nitro groups is 1. The number of carboxylic acids is 1. The number of hydrogen-bond acceptors (Lipinski definition) is 6. The Morgan fingerprint density at radius 3 is 2.15 bits per heavy atom. The van der Waals surface area contributed by atoms with Gasteiger partial charge < -0.3 is 20.3 Å². The van der Waals surface area contributed by atoms with E-state index < -0.39 is 52.2 Å². The van der Waals surface area contributed by atoms with Gasteiger partial charge in [-0.2, -0.15) is 13.2 Å². The standard InChI is InChI=1S/C10H8F3NO5.C5H11NO2/c11-10(12,13)6-1-2-8(7(5-6)14(17)18)19-4-3-9(15)16;1-5(2,3)8-4(6)7/h1-2,5H,3-4H2,(H,15,16);1-3H3,(H2,6,7). The molecule has 0 aromatic heterocycles. The number of alkyl halides is 3. The van der Waals surface area contributed by atoms with Crippen LogP contribution in [0.3, 0.4) is 0 Å². The first kappa shape index (κ1) is 23.9. The van der Waals surface area contributed by atoms with Crippen LogP contribution in [0.1, 0.15) is 32.8 Å². The molecule has 0 bridgehead atoms. The van der Waals surface area contributed by atoms with Gasteiger partial charge in [-0.05, 0) is 32.9 Å². The van der Waals surface area contributed by atoms with Crippen LogP contribution in [0.15, 0.2) is 18.2 Å². The average Bonchev–Trinajstić information content (AvgIpc) is 2.43. The summed E-state index contributed by atoms with van der Waals surface area (Å²) in [7, 11) is 0. The highest BCUT2D eigenvalue weighted by atomic mass is 19.4. The van der Waals surface area contributed by atoms with Crippen molar-refractivity contribution in [1.82, 2.24) is 0 Å². The van der Waals surface area contributed by atoms with E-state index in [0.717, 1.165) is 6.07 Å². The van der Waals surface area contributed by atoms with Crippen LogP contribution >= 0.6 is 0 Å². The third kappa shape index (κ3) is 10.5. The highest BCUT2D eigenvalue weighted by Crippen LogP contribution is 2.36. The number of nitrogens with two attached hydrogens (primary N) is 1. The van der Waals surface area contributed by atoms with Crippen molar-refractivity contribution in [3.05, 3.63) is 33.9 Å². The first-order valence-electron chi connectivity index (χ1n) is 7.32. The molecule has 1 aromatic carbocycles. The predicted molar refractivity (Wildman–Crippen MR) is 86.3 cm³/mol. The molecule has 1 aromatic rings. The third-order valence-electron chi connectivity index (χ3n) is 2.46. The van der Waals surface area contributed by atoms with Gasteiger partial charge in [-0.15, -0.1) is 0 Å². The van der Waals surface area contributed by atoms with E-state index in [0.29, 0.717) is 12.1 Å². The van der Waals surface area contributed by atoms with Crippen molar-refractivity contribution < 1.29 is 42.3 Å². The lowest BCUT2D eigenvalue weighted by Gasteiger charge is -2.16. The fourth-order valence-corrected chi connectivity index (χ4v) is 1.51. The Balaban J connectivity index is 0.000000713. The van der Waals surface area contributed by atoms with Gasteiger partial charge in [0.1, 0.15) is 5.60 Å². The first-order valence-corrected chi connectivity index (χ1v) is 7.32. The number of hydrogen-bond donors (Lipinski definition) is 2. The van der Waals surface area contributed by atoms with Crippen molar-refractivity contribution in [2.24, 2.45) is 5.73 Å². The van der Waals surface area contributed by atoms with Crippen molar-refractivity contribution in [2.75, 3.05) is 6.61 Å². The van der Waals surface area contributed by atoms with E-state index in [9.17, 15) is 32.9 Å². The Hall–Kier alpha value is -3.05. The minimum absolute atomic E-state index is 0.343. The monoisotopic (exact) mass is 396 g/mol. The Bertz CT molecular complexity index is 685. The zero-order valence-corrected chi connectivity index (χ0v) is 14.7. The highest BCUT2D eigenvalue weighted by Gasteiger charge is 2.33. The number of primary amides is 1. The minimum Gasteiger partial charge on any atom is -0.486 e. The number of amides is 1. The second-order valence-corrected chi connectivity index (χ2v) is 5.96. The van der Waals surface area contributed by atoms with Crippen LogP contribution in [-0.2, 0) is 15.7 Å². The van der Waals surface area contributed by atoms with Crippen molar-refractivity contribution in [3.8, 4) is 5.75 Å². The SMILES string of the molecule is CC(C)(C)OC(N)=O.O=C(O)CCOc1ccc(C(F)(F)F)cc1[N+](=O)[O-]. The second kappa shape index (κ2) is 9.59. The number of aliphatic carboxylic acids is 1. The summed E-state index contributed by atoms with van der Waals surface area (Å²) in [5.74, 6) is -1.59. The van der Waals surface area contributed by atoms with Crippen LogP contribution in [0.25, 0.3) is 0 Å². The molecule has 27 heavy (non-hydrogen) atoms. The molecule has 12 heteroatoms. The van der Waals surface area contributed by atoms with E-state index >= 15 is 0 Å². The van der Waals surface area contributed by atoms with Crippen LogP contribution < -0.4 is 10.5 Å². The van der Waals surface area contributed by atoms with Gasteiger partial charge in [0.25, 0.3) is 0 Å². The van der Waals surface area contributed by atoms with Crippen molar-refractivity contribution in [2.45, 2.75) is 39.0 Å². The average molecular weight is 396 g/mol. The Kier molecular flexibility index (Phi) is 8.51. The zero-order valence-electron chi connectivity index (χ0n) is 14.7. The summed E-state index contributed by atoms with van der Waals surface area (Å²) in [5, 5.41) is 19.0. The molecule has 0 heterocycles. The van der Waals surface area contributed by atoms with E-state index in [1.807, 2.05) is 0 Å². The molecule has 0 aliphatic carbocycles. The molecule has 0 fully saturated rings. The number of carbonyl (C=O) groups is 2. The van der Waals surface area contributed by atoms with E-state index in [1.54, 1.807) is 20.8 Å². The number of nitro benzene ring substituents is 1. The summed E-state index contributed by atoms with van der Waals surface area (Å²) >= 11 is 0. The Morgan fingerprint density at radius 2 is 1.81 bits per heavy atom. The van der Waals surface area contributed by atoms with E-state index in [1.165, 1.54) is 0 Å². The number of rotatable bonds is 5. The molecule has 9 nitrogen and oxygen atoms in total. The van der Waals surface area contributed by atoms with Gasteiger partial charge in [0.05, 0.1) is 23.5 Å². The molecule has 0 radical (unpaired) electrons. The molecule has 0 saturated heterocycles. The van der Waals surface area contributed by atoms with Crippen LogP contribution in [0.2, 0.25) is 0 Å². The molecule has 152 valence electrons. The molecule has 1 amide bonds.